The molecule has 0 aromatic heterocycles. The first-order chi connectivity index (χ1) is 6.77. The van der Waals surface area contributed by atoms with E-state index in [0.717, 1.165) is 5.56 Å². The highest BCUT2D eigenvalue weighted by atomic mass is 16.3. The van der Waals surface area contributed by atoms with Crippen LogP contribution >= 0.6 is 0 Å². The van der Waals surface area contributed by atoms with Gasteiger partial charge in [0.1, 0.15) is 6.10 Å². The predicted molar refractivity (Wildman–Crippen MR) is 51.3 cm³/mol. The van der Waals surface area contributed by atoms with E-state index in [1.54, 1.807) is 24.3 Å². The molecule has 1 rings (SSSR count). The molecule has 0 bridgehead atoms. The highest BCUT2D eigenvalue weighted by Crippen LogP contribution is 2.14. The van der Waals surface area contributed by atoms with Gasteiger partial charge >= 0.3 is 0 Å². The van der Waals surface area contributed by atoms with Crippen molar-refractivity contribution in [2.75, 3.05) is 6.61 Å². The molecule has 1 atom stereocenters. The number of hydrogen-bond donors (Lipinski definition) is 2. The Bertz CT molecular complexity index is 348. The summed E-state index contributed by atoms with van der Waals surface area (Å²) >= 11 is 0. The Kier molecular flexibility index (Phi) is 3.94. The Morgan fingerprint density at radius 3 is 2.93 bits per heavy atom. The molecular weight excluding hydrogens is 182 g/mol. The van der Waals surface area contributed by atoms with Gasteiger partial charge in [-0.1, -0.05) is 29.4 Å². The molecule has 74 valence electrons. The van der Waals surface area contributed by atoms with Gasteiger partial charge in [0.25, 0.3) is 0 Å². The fourth-order valence-corrected chi connectivity index (χ4v) is 1.12. The first-order valence-electron chi connectivity index (χ1n) is 4.16. The zero-order valence-corrected chi connectivity index (χ0v) is 7.54. The van der Waals surface area contributed by atoms with Gasteiger partial charge in [-0.15, -0.1) is 0 Å². The molecule has 0 heterocycles. The van der Waals surface area contributed by atoms with Crippen LogP contribution in [0, 0.1) is 0 Å². The molecule has 5 heteroatoms. The summed E-state index contributed by atoms with van der Waals surface area (Å²) < 4.78 is 0. The summed E-state index contributed by atoms with van der Waals surface area (Å²) in [5.41, 5.74) is 9.56. The third kappa shape index (κ3) is 2.74. The SMILES string of the molecule is [N-]=[N+]=NCc1cccc(C(O)CO)c1. The van der Waals surface area contributed by atoms with Gasteiger partial charge in [0.05, 0.1) is 13.2 Å². The average Bonchev–Trinajstić information content (AvgIpc) is 2.25. The third-order valence-electron chi connectivity index (χ3n) is 1.83. The number of aliphatic hydroxyl groups is 2. The Balaban J connectivity index is 2.83. The van der Waals surface area contributed by atoms with E-state index in [0.29, 0.717) is 5.56 Å². The van der Waals surface area contributed by atoms with E-state index in [-0.39, 0.29) is 13.2 Å². The van der Waals surface area contributed by atoms with Crippen molar-refractivity contribution < 1.29 is 10.2 Å². The maximum absolute atomic E-state index is 9.33. The quantitative estimate of drug-likeness (QED) is 0.431. The summed E-state index contributed by atoms with van der Waals surface area (Å²) in [7, 11) is 0. The minimum absolute atomic E-state index is 0.252. The second-order valence-corrected chi connectivity index (χ2v) is 2.83. The summed E-state index contributed by atoms with van der Waals surface area (Å²) in [4.78, 5) is 2.64. The van der Waals surface area contributed by atoms with Crippen molar-refractivity contribution in [2.45, 2.75) is 12.6 Å². The van der Waals surface area contributed by atoms with E-state index in [1.165, 1.54) is 0 Å². The van der Waals surface area contributed by atoms with Crippen LogP contribution in [0.1, 0.15) is 17.2 Å². The zero-order valence-electron chi connectivity index (χ0n) is 7.54. The average molecular weight is 193 g/mol. The van der Waals surface area contributed by atoms with E-state index in [4.69, 9.17) is 10.6 Å². The maximum Gasteiger partial charge on any atom is 0.102 e. The first-order valence-corrected chi connectivity index (χ1v) is 4.16. The molecule has 5 nitrogen and oxygen atoms in total. The van der Waals surface area contributed by atoms with Gasteiger partial charge < -0.3 is 10.2 Å². The number of nitrogens with zero attached hydrogens (tertiary/aromatic N) is 3. The lowest BCUT2D eigenvalue weighted by molar-refractivity contribution is 0.0955. The summed E-state index contributed by atoms with van der Waals surface area (Å²) in [6, 6.07) is 6.95. The van der Waals surface area contributed by atoms with Crippen molar-refractivity contribution in [3.8, 4) is 0 Å². The topological polar surface area (TPSA) is 89.2 Å². The fraction of sp³-hybridized carbons (Fsp3) is 0.333. The number of azide groups is 1. The minimum atomic E-state index is -0.874. The molecule has 0 aliphatic carbocycles. The van der Waals surface area contributed by atoms with Crippen molar-refractivity contribution in [3.05, 3.63) is 45.8 Å². The van der Waals surface area contributed by atoms with Gasteiger partial charge in [-0.2, -0.15) is 0 Å². The molecule has 1 aromatic rings. The van der Waals surface area contributed by atoms with Crippen LogP contribution < -0.4 is 0 Å². The lowest BCUT2D eigenvalue weighted by Crippen LogP contribution is -2.02. The van der Waals surface area contributed by atoms with E-state index in [1.807, 2.05) is 0 Å². The maximum atomic E-state index is 9.33. The van der Waals surface area contributed by atoms with Crippen LogP contribution in [0.25, 0.3) is 10.4 Å². The van der Waals surface area contributed by atoms with Gasteiger partial charge in [0, 0.05) is 4.91 Å². The minimum Gasteiger partial charge on any atom is -0.393 e. The van der Waals surface area contributed by atoms with Crippen molar-refractivity contribution in [3.63, 3.8) is 0 Å². The fourth-order valence-electron chi connectivity index (χ4n) is 1.12. The van der Waals surface area contributed by atoms with Crippen LogP contribution in [-0.2, 0) is 6.54 Å². The van der Waals surface area contributed by atoms with E-state index in [2.05, 4.69) is 10.0 Å². The van der Waals surface area contributed by atoms with Crippen LogP contribution in [0.2, 0.25) is 0 Å². The van der Waals surface area contributed by atoms with Crippen LogP contribution in [-0.4, -0.2) is 16.8 Å². The Morgan fingerprint density at radius 2 is 2.29 bits per heavy atom. The summed E-state index contributed by atoms with van der Waals surface area (Å²) in [5, 5.41) is 21.5. The molecule has 1 aromatic carbocycles. The lowest BCUT2D eigenvalue weighted by Gasteiger charge is -2.08. The van der Waals surface area contributed by atoms with Crippen molar-refractivity contribution in [1.82, 2.24) is 0 Å². The Labute approximate surface area is 81.2 Å². The van der Waals surface area contributed by atoms with Gasteiger partial charge in [0.15, 0.2) is 0 Å². The normalized spacial score (nSPS) is 11.9. The molecule has 14 heavy (non-hydrogen) atoms. The van der Waals surface area contributed by atoms with Gasteiger partial charge in [0.2, 0.25) is 0 Å². The van der Waals surface area contributed by atoms with Gasteiger partial charge in [-0.05, 0) is 16.7 Å². The van der Waals surface area contributed by atoms with Crippen molar-refractivity contribution >= 4 is 0 Å². The second-order valence-electron chi connectivity index (χ2n) is 2.83. The third-order valence-corrected chi connectivity index (χ3v) is 1.83. The molecule has 0 aliphatic rings. The van der Waals surface area contributed by atoms with Crippen LogP contribution in [0.15, 0.2) is 29.4 Å². The largest absolute Gasteiger partial charge is 0.393 e. The highest BCUT2D eigenvalue weighted by Gasteiger charge is 2.05. The molecule has 0 radical (unpaired) electrons. The van der Waals surface area contributed by atoms with Gasteiger partial charge in [-0.3, -0.25) is 0 Å². The standard InChI is InChI=1S/C9H11N3O2/c10-12-11-5-7-2-1-3-8(4-7)9(14)6-13/h1-4,9,13-14H,5-6H2. The molecule has 0 amide bonds. The summed E-state index contributed by atoms with van der Waals surface area (Å²) in [5.74, 6) is 0. The molecule has 0 aliphatic heterocycles. The Hall–Kier alpha value is -1.55. The van der Waals surface area contributed by atoms with Crippen LogP contribution in [0.4, 0.5) is 0 Å². The van der Waals surface area contributed by atoms with Crippen LogP contribution in [0.5, 0.6) is 0 Å². The van der Waals surface area contributed by atoms with E-state index in [9.17, 15) is 5.11 Å². The molecule has 0 spiro atoms. The molecule has 0 saturated heterocycles. The van der Waals surface area contributed by atoms with Crippen LogP contribution in [0.3, 0.4) is 0 Å². The van der Waals surface area contributed by atoms with E-state index >= 15 is 0 Å². The molecule has 2 N–H and O–H groups in total. The predicted octanol–water partition coefficient (Wildman–Crippen LogP) is 1.52. The van der Waals surface area contributed by atoms with Crippen molar-refractivity contribution in [2.24, 2.45) is 5.11 Å². The Morgan fingerprint density at radius 1 is 1.50 bits per heavy atom. The van der Waals surface area contributed by atoms with Gasteiger partial charge in [-0.25, -0.2) is 0 Å². The number of hydrogen-bond acceptors (Lipinski definition) is 3. The number of aliphatic hydroxyl groups excluding tert-OH is 2. The highest BCUT2D eigenvalue weighted by molar-refractivity contribution is 5.25. The summed E-state index contributed by atoms with van der Waals surface area (Å²) in [6.07, 6.45) is -0.874. The molecule has 0 fully saturated rings. The zero-order chi connectivity index (χ0) is 10.4. The lowest BCUT2D eigenvalue weighted by atomic mass is 10.1. The molecule has 0 saturated carbocycles. The molecular formula is C9H11N3O2. The van der Waals surface area contributed by atoms with E-state index < -0.39 is 6.10 Å². The monoisotopic (exact) mass is 193 g/mol. The number of rotatable bonds is 4. The first kappa shape index (κ1) is 10.5. The summed E-state index contributed by atoms with van der Waals surface area (Å²) in [6.45, 7) is -0.0620. The second kappa shape index (κ2) is 5.24. The number of benzene rings is 1. The smallest absolute Gasteiger partial charge is 0.102 e. The molecule has 1 unspecified atom stereocenters. The van der Waals surface area contributed by atoms with Crippen molar-refractivity contribution in [1.29, 1.82) is 0 Å².